The van der Waals surface area contributed by atoms with Crippen molar-refractivity contribution < 1.29 is 23.9 Å². The van der Waals surface area contributed by atoms with Crippen LogP contribution in [0.25, 0.3) is 11.3 Å². The first-order valence-corrected chi connectivity index (χ1v) is 15.0. The van der Waals surface area contributed by atoms with Crippen LogP contribution < -0.4 is 10.6 Å². The topological polar surface area (TPSA) is 108 Å². The van der Waals surface area contributed by atoms with Gasteiger partial charge < -0.3 is 15.7 Å². The number of amides is 2. The van der Waals surface area contributed by atoms with Gasteiger partial charge in [0.05, 0.1) is 42.2 Å². The van der Waals surface area contributed by atoms with Crippen LogP contribution in [0.2, 0.25) is 20.1 Å². The molecule has 4 aromatic rings. The number of nitrogens with one attached hydrogen (secondary N) is 2. The third-order valence-corrected chi connectivity index (χ3v) is 9.53. The van der Waals surface area contributed by atoms with E-state index in [1.807, 2.05) is 6.92 Å². The Hall–Kier alpha value is -2.86. The highest BCUT2D eigenvalue weighted by Crippen LogP contribution is 2.42. The van der Waals surface area contributed by atoms with Gasteiger partial charge >= 0.3 is 5.97 Å². The molecule has 14 heteroatoms. The maximum absolute atomic E-state index is 13.2. The van der Waals surface area contributed by atoms with E-state index in [1.54, 1.807) is 41.8 Å². The van der Waals surface area contributed by atoms with Crippen molar-refractivity contribution in [2.45, 2.75) is 23.5 Å². The number of aromatic carboxylic acids is 1. The molecule has 2 amide bonds. The summed E-state index contributed by atoms with van der Waals surface area (Å²) in [4.78, 5) is 43.0. The van der Waals surface area contributed by atoms with Gasteiger partial charge in [-0.05, 0) is 48.9 Å². The lowest BCUT2D eigenvalue weighted by Crippen LogP contribution is -2.24. The Morgan fingerprint density at radius 2 is 1.63 bits per heavy atom. The molecule has 1 heterocycles. The van der Waals surface area contributed by atoms with E-state index >= 15 is 0 Å². The van der Waals surface area contributed by atoms with Crippen LogP contribution in [0, 0.1) is 5.82 Å². The first kappa shape index (κ1) is 31.1. The van der Waals surface area contributed by atoms with Crippen LogP contribution in [0.4, 0.5) is 15.2 Å². The molecule has 1 unspecified atom stereocenters. The van der Waals surface area contributed by atoms with Gasteiger partial charge in [-0.25, -0.2) is 14.2 Å². The number of carboxylic acids is 1. The third kappa shape index (κ3) is 7.14. The number of aromatic nitrogens is 1. The zero-order valence-corrected chi connectivity index (χ0v) is 25.5. The molecule has 0 radical (unpaired) electrons. The van der Waals surface area contributed by atoms with Crippen LogP contribution in [-0.4, -0.2) is 33.1 Å². The Bertz CT molecular complexity index is 1650. The molecule has 7 nitrogen and oxygen atoms in total. The molecule has 3 aromatic carbocycles. The minimum Gasteiger partial charge on any atom is -0.478 e. The highest BCUT2D eigenvalue weighted by molar-refractivity contribution is 8.00. The number of carbonyl (C=O) groups excluding carboxylic acids is 2. The quantitative estimate of drug-likeness (QED) is 0.0930. The molecular weight excluding hydrogens is 655 g/mol. The lowest BCUT2D eigenvalue weighted by molar-refractivity contribution is -0.115. The number of nitrogens with zero attached hydrogens (tertiary/aromatic N) is 1. The summed E-state index contributed by atoms with van der Waals surface area (Å²) in [5.41, 5.74) is 0.633. The fraction of sp³-hybridized carbons (Fsp3) is 0.111. The molecule has 212 valence electrons. The monoisotopic (exact) mass is 671 g/mol. The van der Waals surface area contributed by atoms with E-state index in [4.69, 9.17) is 46.4 Å². The molecule has 0 aliphatic heterocycles. The van der Waals surface area contributed by atoms with E-state index in [2.05, 4.69) is 15.6 Å². The molecule has 0 saturated heterocycles. The summed E-state index contributed by atoms with van der Waals surface area (Å²) >= 11 is 26.8. The maximum Gasteiger partial charge on any atom is 0.338 e. The number of benzene rings is 3. The number of thioether (sulfide) groups is 1. The van der Waals surface area contributed by atoms with Gasteiger partial charge in [0.2, 0.25) is 5.91 Å². The van der Waals surface area contributed by atoms with Gasteiger partial charge in [0, 0.05) is 21.5 Å². The normalized spacial score (nSPS) is 11.7. The number of thiazole rings is 1. The van der Waals surface area contributed by atoms with Gasteiger partial charge in [-0.1, -0.05) is 59.4 Å². The van der Waals surface area contributed by atoms with Crippen LogP contribution in [0.1, 0.15) is 34.1 Å². The largest absolute Gasteiger partial charge is 0.478 e. The Morgan fingerprint density at radius 3 is 2.27 bits per heavy atom. The molecule has 0 bridgehead atoms. The van der Waals surface area contributed by atoms with E-state index in [0.717, 1.165) is 5.56 Å². The van der Waals surface area contributed by atoms with Crippen molar-refractivity contribution in [1.29, 1.82) is 0 Å². The van der Waals surface area contributed by atoms with Crippen molar-refractivity contribution in [2.24, 2.45) is 0 Å². The second kappa shape index (κ2) is 13.4. The minimum absolute atomic E-state index is 0.250. The Kier molecular flexibility index (Phi) is 10.2. The molecule has 41 heavy (non-hydrogen) atoms. The molecule has 0 aliphatic carbocycles. The second-order valence-corrected chi connectivity index (χ2v) is 12.0. The van der Waals surface area contributed by atoms with Crippen molar-refractivity contribution in [3.63, 3.8) is 0 Å². The Labute approximate surface area is 262 Å². The average molecular weight is 673 g/mol. The summed E-state index contributed by atoms with van der Waals surface area (Å²) in [7, 11) is 0. The first-order chi connectivity index (χ1) is 19.5. The zero-order chi connectivity index (χ0) is 29.8. The van der Waals surface area contributed by atoms with Gasteiger partial charge in [-0.2, -0.15) is 0 Å². The molecule has 0 aliphatic rings. The molecule has 1 atom stereocenters. The van der Waals surface area contributed by atoms with Crippen LogP contribution in [0.15, 0.2) is 58.8 Å². The number of hydrogen-bond donors (Lipinski definition) is 3. The standard InChI is InChI=1S/C27H18Cl4FN3O4S2/c1-2-17(24(36)35-27-34-16(11-40-27)12-6-8-13(32)9-7-12)41-15-5-3-4-14(10-15)33-25(37)18-19(26(38)39)21(29)23(31)22(30)20(18)28/h3-11,17H,2H2,1H3,(H,33,37)(H,38,39)(H,34,35,36). The van der Waals surface area contributed by atoms with Crippen LogP contribution in [-0.2, 0) is 4.79 Å². The number of rotatable bonds is 9. The highest BCUT2D eigenvalue weighted by atomic mass is 35.5. The first-order valence-electron chi connectivity index (χ1n) is 11.7. The lowest BCUT2D eigenvalue weighted by atomic mass is 10.1. The van der Waals surface area contributed by atoms with E-state index < -0.39 is 33.3 Å². The summed E-state index contributed by atoms with van der Waals surface area (Å²) in [5.74, 6) is -2.99. The third-order valence-electron chi connectivity index (χ3n) is 5.62. The fourth-order valence-corrected chi connectivity index (χ4v) is 6.40. The van der Waals surface area contributed by atoms with Crippen molar-refractivity contribution in [1.82, 2.24) is 4.98 Å². The summed E-state index contributed by atoms with van der Waals surface area (Å²) in [6.45, 7) is 1.86. The SMILES string of the molecule is CCC(Sc1cccc(NC(=O)c2c(Cl)c(Cl)c(Cl)c(Cl)c2C(=O)O)c1)C(=O)Nc1nc(-c2ccc(F)cc2)cs1. The van der Waals surface area contributed by atoms with E-state index in [0.29, 0.717) is 27.8 Å². The number of anilines is 2. The summed E-state index contributed by atoms with van der Waals surface area (Å²) in [5, 5.41) is 15.4. The van der Waals surface area contributed by atoms with Crippen molar-refractivity contribution >= 4 is 98.1 Å². The summed E-state index contributed by atoms with van der Waals surface area (Å²) in [6.07, 6.45) is 0.489. The van der Waals surface area contributed by atoms with Crippen LogP contribution in [0.3, 0.4) is 0 Å². The number of halogens is 5. The van der Waals surface area contributed by atoms with Gasteiger partial charge in [0.1, 0.15) is 5.82 Å². The van der Waals surface area contributed by atoms with Gasteiger partial charge in [0.15, 0.2) is 5.13 Å². The Balaban J connectivity index is 1.48. The summed E-state index contributed by atoms with van der Waals surface area (Å²) < 4.78 is 13.2. The Morgan fingerprint density at radius 1 is 0.976 bits per heavy atom. The maximum atomic E-state index is 13.2. The zero-order valence-electron chi connectivity index (χ0n) is 20.8. The predicted molar refractivity (Wildman–Crippen MR) is 164 cm³/mol. The van der Waals surface area contributed by atoms with Crippen LogP contribution in [0.5, 0.6) is 0 Å². The molecule has 1 aromatic heterocycles. The molecule has 4 rings (SSSR count). The highest BCUT2D eigenvalue weighted by Gasteiger charge is 2.29. The fourth-order valence-electron chi connectivity index (χ4n) is 3.64. The number of carbonyl (C=O) groups is 3. The molecule has 3 N–H and O–H groups in total. The molecule has 0 saturated carbocycles. The molecular formula is C27H18Cl4FN3O4S2. The molecule has 0 fully saturated rings. The van der Waals surface area contributed by atoms with E-state index in [9.17, 15) is 23.9 Å². The van der Waals surface area contributed by atoms with Gasteiger partial charge in [0.25, 0.3) is 5.91 Å². The summed E-state index contributed by atoms with van der Waals surface area (Å²) in [6, 6.07) is 12.5. The van der Waals surface area contributed by atoms with Gasteiger partial charge in [-0.15, -0.1) is 23.1 Å². The average Bonchev–Trinajstić information content (AvgIpc) is 3.40. The smallest absolute Gasteiger partial charge is 0.338 e. The van der Waals surface area contributed by atoms with Crippen molar-refractivity contribution in [3.8, 4) is 11.3 Å². The second-order valence-electron chi connectivity index (χ2n) is 8.34. The number of hydrogen-bond acceptors (Lipinski definition) is 6. The number of carboxylic acid groups (broad SMARTS) is 1. The van der Waals surface area contributed by atoms with Crippen molar-refractivity contribution in [3.05, 3.63) is 90.9 Å². The van der Waals surface area contributed by atoms with E-state index in [-0.39, 0.29) is 26.8 Å². The minimum atomic E-state index is -1.51. The predicted octanol–water partition coefficient (Wildman–Crippen LogP) is 9.02. The van der Waals surface area contributed by atoms with Gasteiger partial charge in [-0.3, -0.25) is 9.59 Å². The lowest BCUT2D eigenvalue weighted by Gasteiger charge is -2.16. The van der Waals surface area contributed by atoms with Crippen LogP contribution >= 0.6 is 69.5 Å². The van der Waals surface area contributed by atoms with Crippen molar-refractivity contribution in [2.75, 3.05) is 10.6 Å². The van der Waals surface area contributed by atoms with E-state index in [1.165, 1.54) is 35.2 Å². The molecule has 0 spiro atoms.